The number of hydrogen-bond acceptors (Lipinski definition) is 9. The minimum Gasteiger partial charge on any atom is -0.459 e. The van der Waals surface area contributed by atoms with Gasteiger partial charge in [-0.3, -0.25) is 4.57 Å². The summed E-state index contributed by atoms with van der Waals surface area (Å²) >= 11 is 0. The Morgan fingerprint density at radius 3 is 1.78 bits per heavy atom. The zero-order valence-electron chi connectivity index (χ0n) is 23.1. The third-order valence-electron chi connectivity index (χ3n) is 7.03. The molecule has 3 heterocycles. The van der Waals surface area contributed by atoms with Gasteiger partial charge in [0.25, 0.3) is 5.95 Å². The van der Waals surface area contributed by atoms with Gasteiger partial charge in [-0.1, -0.05) is 54.6 Å². The van der Waals surface area contributed by atoms with E-state index in [2.05, 4.69) is 9.97 Å². The summed E-state index contributed by atoms with van der Waals surface area (Å²) in [7, 11) is 0. The SMILES string of the molecule is O=C(OCC1OC(n2cnc3c(F)c(F)nc(F)c32)C(OC(=O)c2ccccc2)C1OC(=O)c1ccccc1)c1ccccc1. The van der Waals surface area contributed by atoms with E-state index in [4.69, 9.17) is 18.9 Å². The molecular weight excluding hydrogens is 595 g/mol. The monoisotopic (exact) mass is 617 g/mol. The number of benzene rings is 3. The normalized spacial score (nSPS) is 19.3. The molecule has 0 N–H and O–H groups in total. The van der Waals surface area contributed by atoms with Gasteiger partial charge in [0, 0.05) is 0 Å². The maximum Gasteiger partial charge on any atom is 0.338 e. The summed E-state index contributed by atoms with van der Waals surface area (Å²) in [5, 5.41) is 0. The topological polar surface area (TPSA) is 119 Å². The van der Waals surface area contributed by atoms with Crippen LogP contribution in [0.2, 0.25) is 0 Å². The van der Waals surface area contributed by atoms with Crippen LogP contribution in [0.15, 0.2) is 97.3 Å². The largest absolute Gasteiger partial charge is 0.459 e. The van der Waals surface area contributed by atoms with Crippen LogP contribution < -0.4 is 0 Å². The van der Waals surface area contributed by atoms with E-state index < -0.39 is 77.8 Å². The van der Waals surface area contributed by atoms with Gasteiger partial charge in [0.1, 0.15) is 23.7 Å². The number of rotatable bonds is 8. The molecule has 0 saturated carbocycles. The molecule has 45 heavy (non-hydrogen) atoms. The first-order valence-corrected chi connectivity index (χ1v) is 13.6. The predicted octanol–water partition coefficient (Wildman–Crippen LogP) is 5.05. The van der Waals surface area contributed by atoms with Crippen molar-refractivity contribution in [2.24, 2.45) is 0 Å². The summed E-state index contributed by atoms with van der Waals surface area (Å²) in [6, 6.07) is 23.8. The lowest BCUT2D eigenvalue weighted by atomic mass is 10.1. The second-order valence-electron chi connectivity index (χ2n) is 9.86. The predicted molar refractivity (Wildman–Crippen MR) is 149 cm³/mol. The molecule has 0 radical (unpaired) electrons. The minimum atomic E-state index is -1.70. The smallest absolute Gasteiger partial charge is 0.338 e. The molecule has 1 aliphatic heterocycles. The molecule has 6 rings (SSSR count). The maximum absolute atomic E-state index is 15.0. The molecule has 0 bridgehead atoms. The number of ether oxygens (including phenoxy) is 4. The highest BCUT2D eigenvalue weighted by Crippen LogP contribution is 2.38. The van der Waals surface area contributed by atoms with E-state index in [1.165, 1.54) is 36.4 Å². The average molecular weight is 618 g/mol. The Morgan fingerprint density at radius 2 is 1.22 bits per heavy atom. The van der Waals surface area contributed by atoms with Crippen LogP contribution in [0.5, 0.6) is 0 Å². The first kappa shape index (κ1) is 29.5. The van der Waals surface area contributed by atoms with Crippen molar-refractivity contribution >= 4 is 28.9 Å². The van der Waals surface area contributed by atoms with Gasteiger partial charge < -0.3 is 18.9 Å². The van der Waals surface area contributed by atoms with Crippen LogP contribution >= 0.6 is 0 Å². The van der Waals surface area contributed by atoms with Gasteiger partial charge in [0.15, 0.2) is 18.4 Å². The maximum atomic E-state index is 15.0. The summed E-state index contributed by atoms with van der Waals surface area (Å²) < 4.78 is 67.6. The van der Waals surface area contributed by atoms with Crippen molar-refractivity contribution < 1.29 is 46.5 Å². The number of imidazole rings is 1. The zero-order valence-corrected chi connectivity index (χ0v) is 23.1. The molecule has 1 fully saturated rings. The number of pyridine rings is 1. The number of esters is 3. The molecule has 0 amide bonds. The number of hydrogen-bond donors (Lipinski definition) is 0. The van der Waals surface area contributed by atoms with Gasteiger partial charge in [-0.2, -0.15) is 18.2 Å². The Morgan fingerprint density at radius 1 is 0.711 bits per heavy atom. The molecule has 4 unspecified atom stereocenters. The van der Waals surface area contributed by atoms with Gasteiger partial charge in [-0.05, 0) is 36.4 Å². The van der Waals surface area contributed by atoms with E-state index in [-0.39, 0.29) is 16.7 Å². The second kappa shape index (κ2) is 12.6. The molecule has 5 aromatic rings. The van der Waals surface area contributed by atoms with Gasteiger partial charge in [-0.25, -0.2) is 19.4 Å². The van der Waals surface area contributed by atoms with Crippen LogP contribution in [-0.4, -0.2) is 57.4 Å². The fourth-order valence-corrected chi connectivity index (χ4v) is 4.89. The number of carbonyl (C=O) groups is 3. The highest BCUT2D eigenvalue weighted by Gasteiger charge is 2.52. The molecule has 0 spiro atoms. The van der Waals surface area contributed by atoms with Gasteiger partial charge >= 0.3 is 17.9 Å². The molecule has 1 saturated heterocycles. The van der Waals surface area contributed by atoms with Crippen LogP contribution in [-0.2, 0) is 18.9 Å². The van der Waals surface area contributed by atoms with E-state index in [1.807, 2.05) is 0 Å². The van der Waals surface area contributed by atoms with E-state index in [1.54, 1.807) is 54.6 Å². The first-order valence-electron chi connectivity index (χ1n) is 13.6. The van der Waals surface area contributed by atoms with Crippen molar-refractivity contribution in [1.29, 1.82) is 0 Å². The fraction of sp³-hybridized carbons (Fsp3) is 0.156. The Bertz CT molecular complexity index is 1860. The quantitative estimate of drug-likeness (QED) is 0.134. The van der Waals surface area contributed by atoms with Crippen molar-refractivity contribution in [2.75, 3.05) is 6.61 Å². The second-order valence-corrected chi connectivity index (χ2v) is 9.86. The van der Waals surface area contributed by atoms with E-state index in [0.29, 0.717) is 0 Å². The van der Waals surface area contributed by atoms with E-state index in [9.17, 15) is 27.6 Å². The number of aromatic nitrogens is 3. The van der Waals surface area contributed by atoms with Crippen molar-refractivity contribution in [3.8, 4) is 0 Å². The molecule has 13 heteroatoms. The van der Waals surface area contributed by atoms with Gasteiger partial charge in [0.2, 0.25) is 11.8 Å². The molecule has 1 aliphatic rings. The molecule has 10 nitrogen and oxygen atoms in total. The van der Waals surface area contributed by atoms with E-state index >= 15 is 0 Å². The Balaban J connectivity index is 1.40. The van der Waals surface area contributed by atoms with Crippen LogP contribution in [0, 0.1) is 17.7 Å². The van der Waals surface area contributed by atoms with Crippen LogP contribution in [0.3, 0.4) is 0 Å². The molecule has 228 valence electrons. The number of halogens is 3. The lowest BCUT2D eigenvalue weighted by Crippen LogP contribution is -2.41. The summed E-state index contributed by atoms with van der Waals surface area (Å²) in [5.74, 6) is -7.06. The molecule has 0 aliphatic carbocycles. The standard InChI is InChI=1S/C32H22F3N3O7/c33-22-23-24(28(35)37-27(22)34)38(17-36-23)29-26(45-32(41)20-14-8-3-9-15-20)25(44-31(40)19-12-6-2-7-13-19)21(43-29)16-42-30(39)18-10-4-1-5-11-18/h1-15,17,21,25-26,29H,16H2. The summed E-state index contributed by atoms with van der Waals surface area (Å²) in [6.07, 6.45) is -4.85. The Hall–Kier alpha value is -5.56. The number of fused-ring (bicyclic) bond motifs is 1. The highest BCUT2D eigenvalue weighted by molar-refractivity contribution is 5.91. The van der Waals surface area contributed by atoms with Crippen molar-refractivity contribution in [3.63, 3.8) is 0 Å². The van der Waals surface area contributed by atoms with Crippen LogP contribution in [0.4, 0.5) is 13.2 Å². The highest BCUT2D eigenvalue weighted by atomic mass is 19.2. The zero-order chi connectivity index (χ0) is 31.5. The third kappa shape index (κ3) is 5.97. The van der Waals surface area contributed by atoms with Gasteiger partial charge in [-0.15, -0.1) is 0 Å². The van der Waals surface area contributed by atoms with Gasteiger partial charge in [0.05, 0.1) is 23.0 Å². The van der Waals surface area contributed by atoms with Crippen molar-refractivity contribution in [3.05, 3.63) is 132 Å². The fourth-order valence-electron chi connectivity index (χ4n) is 4.89. The third-order valence-corrected chi connectivity index (χ3v) is 7.03. The summed E-state index contributed by atoms with van der Waals surface area (Å²) in [4.78, 5) is 46.1. The molecule has 4 atom stereocenters. The van der Waals surface area contributed by atoms with Crippen LogP contribution in [0.1, 0.15) is 37.3 Å². The molecule has 2 aromatic heterocycles. The van der Waals surface area contributed by atoms with E-state index in [0.717, 1.165) is 10.9 Å². The average Bonchev–Trinajstić information content (AvgIpc) is 3.66. The van der Waals surface area contributed by atoms with Crippen molar-refractivity contribution in [2.45, 2.75) is 24.5 Å². The Labute approximate surface area is 252 Å². The molecular formula is C32H22F3N3O7. The van der Waals surface area contributed by atoms with Crippen molar-refractivity contribution in [1.82, 2.24) is 14.5 Å². The van der Waals surface area contributed by atoms with Crippen LogP contribution in [0.25, 0.3) is 11.0 Å². The lowest BCUT2D eigenvalue weighted by Gasteiger charge is -2.25. The first-order chi connectivity index (χ1) is 21.8. The molecule has 3 aromatic carbocycles. The number of nitrogens with zero attached hydrogens (tertiary/aromatic N) is 3. The summed E-state index contributed by atoms with van der Waals surface area (Å²) in [5.41, 5.74) is -0.804. The lowest BCUT2D eigenvalue weighted by molar-refractivity contribution is -0.0606. The minimum absolute atomic E-state index is 0.125. The number of carbonyl (C=O) groups excluding carboxylic acids is 3. The Kier molecular flexibility index (Phi) is 8.25. The summed E-state index contributed by atoms with van der Waals surface area (Å²) in [6.45, 7) is -0.507.